The van der Waals surface area contributed by atoms with E-state index in [4.69, 9.17) is 23.2 Å². The lowest BCUT2D eigenvalue weighted by Crippen LogP contribution is -2.07. The van der Waals surface area contributed by atoms with Crippen LogP contribution in [0.1, 0.15) is 5.56 Å². The number of rotatable bonds is 2. The molecule has 0 atom stereocenters. The van der Waals surface area contributed by atoms with E-state index in [9.17, 15) is 19.7 Å². The average molecular weight is 348 g/mol. The summed E-state index contributed by atoms with van der Waals surface area (Å²) >= 11 is 12.3. The number of halogens is 2. The van der Waals surface area contributed by atoms with Crippen molar-refractivity contribution in [3.63, 3.8) is 0 Å². The third kappa shape index (κ3) is 2.65. The van der Waals surface area contributed by atoms with E-state index in [1.165, 1.54) is 30.3 Å². The fourth-order valence-corrected chi connectivity index (χ4v) is 2.89. The zero-order valence-electron chi connectivity index (χ0n) is 11.4. The van der Waals surface area contributed by atoms with Gasteiger partial charge in [0.25, 0.3) is 5.69 Å². The van der Waals surface area contributed by atoms with Gasteiger partial charge in [-0.3, -0.25) is 19.7 Å². The molecule has 1 aliphatic rings. The number of nitro benzene ring substituents is 1. The SMILES string of the molecule is O=C1C=CC(=O)C(c2c(Cl)c(Cl)cc3cc([N+](=O)[O-])ccc23)=C1. The van der Waals surface area contributed by atoms with Crippen LogP contribution in [-0.2, 0) is 9.59 Å². The molecule has 0 radical (unpaired) electrons. The van der Waals surface area contributed by atoms with Gasteiger partial charge in [0, 0.05) is 23.3 Å². The Balaban J connectivity index is 2.36. The Labute approximate surface area is 140 Å². The number of hydrogen-bond donors (Lipinski definition) is 0. The molecule has 0 fully saturated rings. The molecular formula is C16H7Cl2NO4. The van der Waals surface area contributed by atoms with Crippen LogP contribution < -0.4 is 0 Å². The predicted octanol–water partition coefficient (Wildman–Crippen LogP) is 4.15. The van der Waals surface area contributed by atoms with Crippen molar-refractivity contribution in [3.05, 3.63) is 68.2 Å². The van der Waals surface area contributed by atoms with Gasteiger partial charge in [0.1, 0.15) is 0 Å². The smallest absolute Gasteiger partial charge is 0.270 e. The largest absolute Gasteiger partial charge is 0.290 e. The van der Waals surface area contributed by atoms with Crippen LogP contribution in [-0.4, -0.2) is 16.5 Å². The van der Waals surface area contributed by atoms with E-state index in [0.29, 0.717) is 16.3 Å². The molecule has 0 saturated carbocycles. The minimum Gasteiger partial charge on any atom is -0.290 e. The van der Waals surface area contributed by atoms with Gasteiger partial charge < -0.3 is 0 Å². The maximum atomic E-state index is 12.1. The first kappa shape index (κ1) is 15.4. The number of fused-ring (bicyclic) bond motifs is 1. The van der Waals surface area contributed by atoms with Crippen molar-refractivity contribution in [1.82, 2.24) is 0 Å². The first-order valence-corrected chi connectivity index (χ1v) is 7.18. The number of carbonyl (C=O) groups is 2. The van der Waals surface area contributed by atoms with Crippen molar-refractivity contribution in [3.8, 4) is 0 Å². The highest BCUT2D eigenvalue weighted by Gasteiger charge is 2.22. The molecule has 0 aromatic heterocycles. The highest BCUT2D eigenvalue weighted by molar-refractivity contribution is 6.47. The summed E-state index contributed by atoms with van der Waals surface area (Å²) in [6.45, 7) is 0. The summed E-state index contributed by atoms with van der Waals surface area (Å²) in [5.41, 5.74) is 0.303. The van der Waals surface area contributed by atoms with Gasteiger partial charge in [0.15, 0.2) is 11.6 Å². The summed E-state index contributed by atoms with van der Waals surface area (Å²) in [4.78, 5) is 34.1. The van der Waals surface area contributed by atoms with Crippen LogP contribution in [0.15, 0.2) is 42.5 Å². The van der Waals surface area contributed by atoms with Crippen LogP contribution in [0.3, 0.4) is 0 Å². The molecule has 0 saturated heterocycles. The van der Waals surface area contributed by atoms with Gasteiger partial charge in [-0.1, -0.05) is 23.2 Å². The van der Waals surface area contributed by atoms with Gasteiger partial charge in [-0.25, -0.2) is 0 Å². The summed E-state index contributed by atoms with van der Waals surface area (Å²) in [5, 5.41) is 12.1. The van der Waals surface area contributed by atoms with Crippen LogP contribution >= 0.6 is 23.2 Å². The molecule has 0 bridgehead atoms. The summed E-state index contributed by atoms with van der Waals surface area (Å²) < 4.78 is 0. The van der Waals surface area contributed by atoms with Gasteiger partial charge in [-0.15, -0.1) is 0 Å². The van der Waals surface area contributed by atoms with E-state index < -0.39 is 4.92 Å². The second-order valence-corrected chi connectivity index (χ2v) is 5.65. The van der Waals surface area contributed by atoms with Crippen molar-refractivity contribution in [1.29, 1.82) is 0 Å². The van der Waals surface area contributed by atoms with Gasteiger partial charge in [0.05, 0.1) is 15.0 Å². The zero-order valence-corrected chi connectivity index (χ0v) is 12.9. The van der Waals surface area contributed by atoms with Crippen molar-refractivity contribution in [2.75, 3.05) is 0 Å². The van der Waals surface area contributed by atoms with Crippen LogP contribution in [0.4, 0.5) is 5.69 Å². The van der Waals surface area contributed by atoms with E-state index in [2.05, 4.69) is 0 Å². The Hall–Kier alpha value is -2.50. The maximum Gasteiger partial charge on any atom is 0.270 e. The number of ketones is 2. The number of non-ortho nitro benzene ring substituents is 1. The van der Waals surface area contributed by atoms with E-state index in [0.717, 1.165) is 12.2 Å². The number of hydrogen-bond acceptors (Lipinski definition) is 4. The molecule has 1 aliphatic carbocycles. The van der Waals surface area contributed by atoms with Crippen molar-refractivity contribution in [2.45, 2.75) is 0 Å². The second-order valence-electron chi connectivity index (χ2n) is 4.87. The standard InChI is InChI=1S/C16H7Cl2NO4/c17-13-6-8-5-9(19(22)23)1-3-11(8)15(16(13)18)12-7-10(20)2-4-14(12)21/h1-7H. The molecule has 0 spiro atoms. The molecule has 7 heteroatoms. The molecule has 0 unspecified atom stereocenters. The number of benzene rings is 2. The summed E-state index contributed by atoms with van der Waals surface area (Å²) in [7, 11) is 0. The Morgan fingerprint density at radius 3 is 2.48 bits per heavy atom. The number of nitro groups is 1. The number of nitrogens with zero attached hydrogens (tertiary/aromatic N) is 1. The predicted molar refractivity (Wildman–Crippen MR) is 87.8 cm³/mol. The van der Waals surface area contributed by atoms with E-state index >= 15 is 0 Å². The third-order valence-corrected chi connectivity index (χ3v) is 4.23. The third-order valence-electron chi connectivity index (χ3n) is 3.45. The summed E-state index contributed by atoms with van der Waals surface area (Å²) in [5.74, 6) is -0.723. The molecule has 23 heavy (non-hydrogen) atoms. The van der Waals surface area contributed by atoms with Crippen LogP contribution in [0.2, 0.25) is 10.0 Å². The molecule has 0 N–H and O–H groups in total. The van der Waals surface area contributed by atoms with Gasteiger partial charge in [-0.2, -0.15) is 0 Å². The zero-order chi connectivity index (χ0) is 16.7. The first-order chi connectivity index (χ1) is 10.9. The lowest BCUT2D eigenvalue weighted by molar-refractivity contribution is -0.384. The Morgan fingerprint density at radius 1 is 1.04 bits per heavy atom. The molecule has 2 aromatic rings. The van der Waals surface area contributed by atoms with E-state index in [1.54, 1.807) is 0 Å². The molecule has 2 aromatic carbocycles. The van der Waals surface area contributed by atoms with Crippen molar-refractivity contribution in [2.24, 2.45) is 0 Å². The Morgan fingerprint density at radius 2 is 1.78 bits per heavy atom. The van der Waals surface area contributed by atoms with Crippen LogP contribution in [0.5, 0.6) is 0 Å². The minimum absolute atomic E-state index is 0.109. The quantitative estimate of drug-likeness (QED) is 0.464. The fraction of sp³-hybridized carbons (Fsp3) is 0. The molecular weight excluding hydrogens is 341 g/mol. The number of allylic oxidation sites excluding steroid dienone is 4. The Kier molecular flexibility index (Phi) is 3.75. The lowest BCUT2D eigenvalue weighted by Gasteiger charge is -2.14. The first-order valence-electron chi connectivity index (χ1n) is 6.43. The summed E-state index contributed by atoms with van der Waals surface area (Å²) in [6, 6.07) is 5.62. The molecule has 0 aliphatic heterocycles. The van der Waals surface area contributed by atoms with E-state index in [-0.39, 0.29) is 32.9 Å². The average Bonchev–Trinajstić information content (AvgIpc) is 2.51. The minimum atomic E-state index is -0.529. The van der Waals surface area contributed by atoms with Crippen LogP contribution in [0.25, 0.3) is 16.3 Å². The molecule has 0 amide bonds. The number of carbonyl (C=O) groups excluding carboxylic acids is 2. The van der Waals surface area contributed by atoms with E-state index in [1.807, 2.05) is 0 Å². The molecule has 3 rings (SSSR count). The van der Waals surface area contributed by atoms with Crippen LogP contribution in [0, 0.1) is 10.1 Å². The highest BCUT2D eigenvalue weighted by atomic mass is 35.5. The van der Waals surface area contributed by atoms with Crippen molar-refractivity contribution >= 4 is 56.8 Å². The maximum absolute atomic E-state index is 12.1. The lowest BCUT2D eigenvalue weighted by atomic mass is 9.92. The molecule has 114 valence electrons. The Bertz CT molecular complexity index is 960. The summed E-state index contributed by atoms with van der Waals surface area (Å²) in [6.07, 6.45) is 3.50. The topological polar surface area (TPSA) is 77.3 Å². The van der Waals surface area contributed by atoms with Crippen molar-refractivity contribution < 1.29 is 14.5 Å². The second kappa shape index (κ2) is 5.61. The fourth-order valence-electron chi connectivity index (χ4n) is 2.42. The van der Waals surface area contributed by atoms with Gasteiger partial charge in [0.2, 0.25) is 0 Å². The monoisotopic (exact) mass is 347 g/mol. The highest BCUT2D eigenvalue weighted by Crippen LogP contribution is 2.39. The molecule has 0 heterocycles. The molecule has 5 nitrogen and oxygen atoms in total. The van der Waals surface area contributed by atoms with Gasteiger partial charge >= 0.3 is 0 Å². The normalized spacial score (nSPS) is 14.3. The van der Waals surface area contributed by atoms with Gasteiger partial charge in [-0.05, 0) is 41.1 Å².